The summed E-state index contributed by atoms with van der Waals surface area (Å²) in [6.07, 6.45) is -4.51. The summed E-state index contributed by atoms with van der Waals surface area (Å²) in [6.45, 7) is 9.37. The maximum atomic E-state index is 13.0. The van der Waals surface area contributed by atoms with Gasteiger partial charge in [0, 0.05) is 90.9 Å². The van der Waals surface area contributed by atoms with E-state index in [2.05, 4.69) is 83.6 Å². The molecule has 0 saturated heterocycles. The third-order valence-corrected chi connectivity index (χ3v) is 20.6. The van der Waals surface area contributed by atoms with Crippen LogP contribution in [0.1, 0.15) is 111 Å². The lowest BCUT2D eigenvalue weighted by atomic mass is 10.0. The van der Waals surface area contributed by atoms with Crippen molar-refractivity contribution in [2.75, 3.05) is 99.8 Å². The van der Waals surface area contributed by atoms with Crippen LogP contribution in [0.15, 0.2) is 200 Å². The highest BCUT2D eigenvalue weighted by atomic mass is 19.4. The van der Waals surface area contributed by atoms with Gasteiger partial charge in [-0.2, -0.15) is 0 Å². The Morgan fingerprint density at radius 3 is 1.02 bits per heavy atom. The van der Waals surface area contributed by atoms with Gasteiger partial charge in [0.1, 0.15) is 77.6 Å². The van der Waals surface area contributed by atoms with Crippen LogP contribution < -0.4 is 102 Å². The summed E-state index contributed by atoms with van der Waals surface area (Å²) >= 11 is 0. The quantitative estimate of drug-likeness (QED) is 0.0315. The molecule has 692 valence electrons. The van der Waals surface area contributed by atoms with Crippen molar-refractivity contribution in [3.63, 3.8) is 0 Å². The van der Waals surface area contributed by atoms with E-state index in [-0.39, 0.29) is 84.3 Å². The number of nitrogens with one attached hydrogen (secondary N) is 5. The minimum Gasteiger partial charge on any atom is -0.493 e. The van der Waals surface area contributed by atoms with Crippen molar-refractivity contribution < 1.29 is 135 Å². The molecule has 10 aromatic carbocycles. The van der Waals surface area contributed by atoms with Crippen LogP contribution in [0, 0.1) is 0 Å². The first-order chi connectivity index (χ1) is 63.1. The standard InChI is InChI=1S/C23H27NO5.C20H23NO3.2C18H16F3NO4.C18H15F2NO5/c1-26-19-9-6-16(14-22(19)29-18-4-2-3-5-18)7-11-23(25)24-17-8-10-20-21(15-17)28-13-12-27-20;1-14(2)16-6-3-15(4-7-16)5-10-20(22)21-17-8-9-18-19(13-17)24-12-11-23-18;19-18(20,21)26-14-5-1-12(2-6-14)3-8-17(23)22-13-4-7-15-16(11-13)25-10-9-24-15;19-18(20,21)26-14-3-1-2-12(10-14)4-7-17(23)22-13-5-6-15-16(11-13)25-9-8-24-15;19-18(20)25-14-4-1-11(9-16(14)26-18)2-6-17(22)21-12-3-5-13-15(10-12)24-8-7-23-13/h6,8-10,14-15,18H,2-5,7,11-13H2,1H3,(H,24,25);3-4,6-9,13-14H,5,10-12H2,1-2H3,(H,21,22);1-2,4-7,11H,3,8-10H2,(H,22,23);1-3,5-6,10-11H,4,7-9H2,(H,22,23);1,3-5,9-10H,2,6-8H2,(H,21,22). The maximum Gasteiger partial charge on any atom is 0.586 e. The van der Waals surface area contributed by atoms with Gasteiger partial charge < -0.3 is 102 Å². The molecular formula is C97H97F8N5O21. The molecule has 34 heteroatoms. The van der Waals surface area contributed by atoms with E-state index < -0.39 is 19.0 Å². The molecule has 0 radical (unpaired) electrons. The van der Waals surface area contributed by atoms with Gasteiger partial charge in [-0.1, -0.05) is 74.5 Å². The third kappa shape index (κ3) is 29.9. The number of fused-ring (bicyclic) bond motifs is 6. The zero-order chi connectivity index (χ0) is 92.3. The Labute approximate surface area is 749 Å². The number of halogens is 8. The minimum absolute atomic E-state index is 0.000357. The summed E-state index contributed by atoms with van der Waals surface area (Å²) in [6, 6.07) is 56.2. The van der Waals surface area contributed by atoms with Gasteiger partial charge in [0.15, 0.2) is 80.5 Å². The van der Waals surface area contributed by atoms with E-state index in [1.807, 2.05) is 48.5 Å². The molecule has 0 atom stereocenters. The van der Waals surface area contributed by atoms with Crippen molar-refractivity contribution in [1.29, 1.82) is 0 Å². The van der Waals surface area contributed by atoms with Gasteiger partial charge in [-0.15, -0.1) is 35.1 Å². The minimum atomic E-state index is -4.74. The number of rotatable bonds is 26. The van der Waals surface area contributed by atoms with E-state index in [0.29, 0.717) is 190 Å². The van der Waals surface area contributed by atoms with Gasteiger partial charge in [0.25, 0.3) is 0 Å². The normalized spacial score (nSPS) is 14.3. The molecule has 6 heterocycles. The van der Waals surface area contributed by atoms with Gasteiger partial charge in [-0.25, -0.2) is 0 Å². The fraction of sp³-hybridized carbons (Fsp3) is 0.330. The Morgan fingerprint density at radius 1 is 0.344 bits per heavy atom. The molecule has 1 saturated carbocycles. The first-order valence-electron chi connectivity index (χ1n) is 42.6. The maximum absolute atomic E-state index is 13.0. The van der Waals surface area contributed by atoms with Crippen molar-refractivity contribution in [3.8, 4) is 92.0 Å². The Morgan fingerprint density at radius 2 is 0.656 bits per heavy atom. The van der Waals surface area contributed by atoms with Gasteiger partial charge >= 0.3 is 19.0 Å². The number of amides is 5. The highest BCUT2D eigenvalue weighted by molar-refractivity contribution is 5.94. The number of alkyl halides is 8. The van der Waals surface area contributed by atoms with Crippen LogP contribution in [0.2, 0.25) is 0 Å². The topological polar surface area (TPSA) is 293 Å². The summed E-state index contributed by atoms with van der Waals surface area (Å²) in [4.78, 5) is 60.8. The second kappa shape index (κ2) is 45.2. The SMILES string of the molecule is CC(C)c1ccc(CCC(=O)Nc2ccc3c(c2)OCCO3)cc1.COc1ccc(CCC(=O)Nc2ccc3c(c2)OCCO3)cc1OC1CCCC1.O=C(CCc1ccc(OC(F)(F)F)cc1)Nc1ccc2c(c1)OCCO2.O=C(CCc1ccc2c(c1)OC(F)(F)O2)Nc1ccc2c(c1)OCCO2.O=C(CCc1cccc(OC(F)(F)F)c1)Nc1ccc2c(c1)OCCO2. The van der Waals surface area contributed by atoms with Gasteiger partial charge in [0.05, 0.1) is 13.2 Å². The summed E-state index contributed by atoms with van der Waals surface area (Å²) in [7, 11) is 1.65. The Balaban J connectivity index is 0.000000140. The van der Waals surface area contributed by atoms with E-state index in [4.69, 9.17) is 56.8 Å². The number of methoxy groups -OCH3 is 1. The molecule has 10 aromatic rings. The first kappa shape index (κ1) is 94.4. The van der Waals surface area contributed by atoms with Gasteiger partial charge in [-0.3, -0.25) is 24.0 Å². The average Bonchev–Trinajstić information content (AvgIpc) is 1.69. The van der Waals surface area contributed by atoms with Crippen LogP contribution in [0.5, 0.6) is 92.0 Å². The lowest BCUT2D eigenvalue weighted by Gasteiger charge is -2.19. The molecule has 5 amide bonds. The number of hydrogen-bond acceptors (Lipinski definition) is 21. The highest BCUT2D eigenvalue weighted by Gasteiger charge is 2.43. The van der Waals surface area contributed by atoms with Crippen molar-refractivity contribution in [1.82, 2.24) is 0 Å². The molecule has 1 fully saturated rings. The summed E-state index contributed by atoms with van der Waals surface area (Å²) in [5, 5.41) is 14.1. The van der Waals surface area contributed by atoms with Crippen LogP contribution >= 0.6 is 0 Å². The zero-order valence-corrected chi connectivity index (χ0v) is 71.8. The molecule has 0 unspecified atom stereocenters. The van der Waals surface area contributed by atoms with Gasteiger partial charge in [-0.05, 0) is 206 Å². The molecule has 6 aliphatic heterocycles. The molecule has 5 N–H and O–H groups in total. The number of hydrogen-bond donors (Lipinski definition) is 5. The van der Waals surface area contributed by atoms with Crippen LogP contribution in [-0.2, 0) is 56.1 Å². The van der Waals surface area contributed by atoms with Crippen LogP contribution in [-0.4, -0.2) is 128 Å². The van der Waals surface area contributed by atoms with Crippen LogP contribution in [0.3, 0.4) is 0 Å². The Bertz CT molecular complexity index is 5560. The molecule has 0 spiro atoms. The summed E-state index contributed by atoms with van der Waals surface area (Å²) in [5.74, 6) is 7.09. The van der Waals surface area contributed by atoms with E-state index in [0.717, 1.165) is 53.3 Å². The summed E-state index contributed by atoms with van der Waals surface area (Å²) < 4.78 is 182. The second-order valence-corrected chi connectivity index (χ2v) is 30.8. The predicted molar refractivity (Wildman–Crippen MR) is 467 cm³/mol. The Kier molecular flexibility index (Phi) is 32.5. The van der Waals surface area contributed by atoms with Crippen LogP contribution in [0.4, 0.5) is 63.6 Å². The predicted octanol–water partition coefficient (Wildman–Crippen LogP) is 19.7. The van der Waals surface area contributed by atoms with E-state index >= 15 is 0 Å². The number of carbonyl (C=O) groups excluding carboxylic acids is 5. The lowest BCUT2D eigenvalue weighted by molar-refractivity contribution is -0.287. The fourth-order valence-electron chi connectivity index (χ4n) is 14.1. The molecule has 17 rings (SSSR count). The number of benzene rings is 10. The number of carbonyl (C=O) groups is 5. The molecular weight excluding hydrogens is 1720 g/mol. The van der Waals surface area contributed by atoms with E-state index in [1.54, 1.807) is 79.9 Å². The van der Waals surface area contributed by atoms with Crippen molar-refractivity contribution in [3.05, 3.63) is 234 Å². The van der Waals surface area contributed by atoms with E-state index in [1.165, 1.54) is 78.6 Å². The molecule has 26 nitrogen and oxygen atoms in total. The Hall–Kier alpha value is -14.2. The smallest absolute Gasteiger partial charge is 0.493 e. The lowest BCUT2D eigenvalue weighted by Crippen LogP contribution is -2.25. The third-order valence-electron chi connectivity index (χ3n) is 20.6. The zero-order valence-electron chi connectivity index (χ0n) is 71.8. The molecule has 7 aliphatic rings. The largest absolute Gasteiger partial charge is 0.586 e. The van der Waals surface area contributed by atoms with Crippen molar-refractivity contribution in [2.24, 2.45) is 0 Å². The fourth-order valence-corrected chi connectivity index (χ4v) is 14.1. The summed E-state index contributed by atoms with van der Waals surface area (Å²) in [5.41, 5.74) is 8.75. The highest BCUT2D eigenvalue weighted by Crippen LogP contribution is 2.43. The average molecular weight is 1820 g/mol. The van der Waals surface area contributed by atoms with Gasteiger partial charge in [0.2, 0.25) is 29.5 Å². The van der Waals surface area contributed by atoms with Crippen molar-refractivity contribution >= 4 is 58.0 Å². The van der Waals surface area contributed by atoms with Crippen molar-refractivity contribution in [2.45, 2.75) is 135 Å². The molecule has 131 heavy (non-hydrogen) atoms. The number of aryl methyl sites for hydroxylation is 5. The molecule has 0 aromatic heterocycles. The second-order valence-electron chi connectivity index (χ2n) is 30.8. The molecule has 0 bridgehead atoms. The number of ether oxygens (including phenoxy) is 16. The number of anilines is 5. The molecule has 1 aliphatic carbocycles. The monoisotopic (exact) mass is 1820 g/mol. The van der Waals surface area contributed by atoms with Crippen LogP contribution in [0.25, 0.3) is 0 Å². The first-order valence-corrected chi connectivity index (χ1v) is 42.6. The van der Waals surface area contributed by atoms with E-state index in [9.17, 15) is 59.1 Å².